The van der Waals surface area contributed by atoms with Crippen LogP contribution in [0, 0.1) is 0 Å². The molecule has 15 heavy (non-hydrogen) atoms. The lowest BCUT2D eigenvalue weighted by Gasteiger charge is -2.22. The van der Waals surface area contributed by atoms with Gasteiger partial charge in [-0.15, -0.1) is 0 Å². The average Bonchev–Trinajstić information content (AvgIpc) is 2.42. The van der Waals surface area contributed by atoms with E-state index in [4.69, 9.17) is 9.47 Å². The van der Waals surface area contributed by atoms with Crippen LogP contribution in [0.3, 0.4) is 0 Å². The minimum absolute atomic E-state index is 0.0801. The van der Waals surface area contributed by atoms with Gasteiger partial charge in [-0.3, -0.25) is 0 Å². The topological polar surface area (TPSA) is 38.7 Å². The lowest BCUT2D eigenvalue weighted by molar-refractivity contribution is -0.157. The number of rotatable bonds is 2. The van der Waals surface area contributed by atoms with Crippen molar-refractivity contribution >= 4 is 0 Å². The van der Waals surface area contributed by atoms with E-state index in [0.29, 0.717) is 0 Å². The summed E-state index contributed by atoms with van der Waals surface area (Å²) in [6.45, 7) is 5.86. The highest BCUT2D eigenvalue weighted by Gasteiger charge is 2.44. The van der Waals surface area contributed by atoms with Crippen molar-refractivity contribution in [1.82, 2.24) is 0 Å². The van der Waals surface area contributed by atoms with Crippen LogP contribution in [0.25, 0.3) is 0 Å². The van der Waals surface area contributed by atoms with Gasteiger partial charge >= 0.3 is 6.18 Å². The third-order valence-electron chi connectivity index (χ3n) is 2.10. The van der Waals surface area contributed by atoms with E-state index in [1.54, 1.807) is 13.8 Å². The van der Waals surface area contributed by atoms with E-state index in [0.717, 1.165) is 0 Å². The van der Waals surface area contributed by atoms with Crippen LogP contribution in [-0.4, -0.2) is 35.9 Å². The number of ether oxygens (including phenoxy) is 2. The Balaban J connectivity index is 2.63. The molecule has 6 heteroatoms. The Kier molecular flexibility index (Phi) is 3.14. The molecule has 0 amide bonds. The van der Waals surface area contributed by atoms with E-state index in [9.17, 15) is 18.3 Å². The van der Waals surface area contributed by atoms with Crippen molar-refractivity contribution in [1.29, 1.82) is 0 Å². The molecule has 1 aliphatic rings. The van der Waals surface area contributed by atoms with E-state index < -0.39 is 29.7 Å². The zero-order chi connectivity index (χ0) is 11.9. The highest BCUT2D eigenvalue weighted by Crippen LogP contribution is 2.32. The molecule has 0 aromatic carbocycles. The third-order valence-corrected chi connectivity index (χ3v) is 2.10. The maximum Gasteiger partial charge on any atom is 0.414 e. The molecule has 1 saturated heterocycles. The molecule has 0 aliphatic carbocycles. The first kappa shape index (κ1) is 12.5. The largest absolute Gasteiger partial charge is 0.414 e. The summed E-state index contributed by atoms with van der Waals surface area (Å²) in [6.07, 6.45) is -7.42. The SMILES string of the molecule is C=C([C@H](O)[C@H]1COC(C)(C)O1)C(F)(F)F. The Hall–Kier alpha value is -0.590. The van der Waals surface area contributed by atoms with E-state index >= 15 is 0 Å². The van der Waals surface area contributed by atoms with Crippen molar-refractivity contribution in [2.45, 2.75) is 38.0 Å². The van der Waals surface area contributed by atoms with Gasteiger partial charge in [-0.05, 0) is 13.8 Å². The minimum Gasteiger partial charge on any atom is -0.386 e. The molecule has 0 unspecified atom stereocenters. The normalized spacial score (nSPS) is 27.7. The number of halogens is 3. The highest BCUT2D eigenvalue weighted by molar-refractivity contribution is 5.12. The standard InChI is InChI=1S/C9H13F3O3/c1-5(9(10,11)12)7(13)6-4-14-8(2,3)15-6/h6-7,13H,1,4H2,2-3H3/t6-,7+/m1/s1. The highest BCUT2D eigenvalue weighted by atomic mass is 19.4. The summed E-state index contributed by atoms with van der Waals surface area (Å²) >= 11 is 0. The molecule has 0 aromatic heterocycles. The first-order valence-electron chi connectivity index (χ1n) is 4.39. The van der Waals surface area contributed by atoms with Gasteiger partial charge in [0, 0.05) is 0 Å². The predicted octanol–water partition coefficient (Wildman–Crippen LogP) is 1.62. The van der Waals surface area contributed by atoms with Gasteiger partial charge < -0.3 is 14.6 Å². The monoisotopic (exact) mass is 226 g/mol. The van der Waals surface area contributed by atoms with E-state index in [1.165, 1.54) is 0 Å². The van der Waals surface area contributed by atoms with Crippen LogP contribution in [0.5, 0.6) is 0 Å². The van der Waals surface area contributed by atoms with Crippen LogP contribution in [-0.2, 0) is 9.47 Å². The van der Waals surface area contributed by atoms with E-state index in [2.05, 4.69) is 6.58 Å². The van der Waals surface area contributed by atoms with E-state index in [1.807, 2.05) is 0 Å². The summed E-state index contributed by atoms with van der Waals surface area (Å²) in [5, 5.41) is 9.36. The first-order valence-corrected chi connectivity index (χ1v) is 4.39. The molecule has 0 aromatic rings. The van der Waals surface area contributed by atoms with Crippen molar-refractivity contribution in [3.05, 3.63) is 12.2 Å². The molecule has 0 saturated carbocycles. The number of aliphatic hydroxyl groups excluding tert-OH is 1. The lowest BCUT2D eigenvalue weighted by atomic mass is 10.1. The number of hydrogen-bond donors (Lipinski definition) is 1. The molecule has 1 rings (SSSR count). The second kappa shape index (κ2) is 3.77. The number of hydrogen-bond acceptors (Lipinski definition) is 3. The van der Waals surface area contributed by atoms with Gasteiger partial charge in [0.25, 0.3) is 0 Å². The van der Waals surface area contributed by atoms with Crippen molar-refractivity contribution in [2.24, 2.45) is 0 Å². The van der Waals surface area contributed by atoms with Gasteiger partial charge in [0.1, 0.15) is 12.2 Å². The average molecular weight is 226 g/mol. The van der Waals surface area contributed by atoms with Crippen molar-refractivity contribution < 1.29 is 27.8 Å². The first-order chi connectivity index (χ1) is 6.63. The molecule has 0 spiro atoms. The number of alkyl halides is 3. The summed E-state index contributed by atoms with van der Waals surface area (Å²) in [7, 11) is 0. The molecular weight excluding hydrogens is 213 g/mol. The molecular formula is C9H13F3O3. The Morgan fingerprint density at radius 1 is 1.53 bits per heavy atom. The molecule has 1 heterocycles. The summed E-state index contributed by atoms with van der Waals surface area (Å²) < 4.78 is 46.7. The molecule has 88 valence electrons. The maximum atomic E-state index is 12.2. The fourth-order valence-electron chi connectivity index (χ4n) is 1.26. The summed E-state index contributed by atoms with van der Waals surface area (Å²) in [5.41, 5.74) is -1.21. The summed E-state index contributed by atoms with van der Waals surface area (Å²) in [6, 6.07) is 0. The molecule has 0 radical (unpaired) electrons. The van der Waals surface area contributed by atoms with Gasteiger partial charge in [-0.2, -0.15) is 13.2 Å². The van der Waals surface area contributed by atoms with Crippen LogP contribution < -0.4 is 0 Å². The maximum absolute atomic E-state index is 12.2. The third kappa shape index (κ3) is 2.93. The van der Waals surface area contributed by atoms with Crippen LogP contribution in [0.1, 0.15) is 13.8 Å². The predicted molar refractivity (Wildman–Crippen MR) is 46.1 cm³/mol. The fraction of sp³-hybridized carbons (Fsp3) is 0.778. The van der Waals surface area contributed by atoms with Gasteiger partial charge in [0.2, 0.25) is 0 Å². The van der Waals surface area contributed by atoms with Crippen LogP contribution in [0.2, 0.25) is 0 Å². The number of aliphatic hydroxyl groups is 1. The molecule has 0 bridgehead atoms. The second-order valence-corrected chi connectivity index (χ2v) is 3.83. The zero-order valence-electron chi connectivity index (χ0n) is 8.47. The molecule has 1 N–H and O–H groups in total. The van der Waals surface area contributed by atoms with Crippen molar-refractivity contribution in [2.75, 3.05) is 6.61 Å². The molecule has 2 atom stereocenters. The van der Waals surface area contributed by atoms with Crippen molar-refractivity contribution in [3.8, 4) is 0 Å². The van der Waals surface area contributed by atoms with Gasteiger partial charge in [-0.25, -0.2) is 0 Å². The van der Waals surface area contributed by atoms with Gasteiger partial charge in [0.15, 0.2) is 5.79 Å². The lowest BCUT2D eigenvalue weighted by Crippen LogP contribution is -2.36. The minimum atomic E-state index is -4.62. The summed E-state index contributed by atoms with van der Waals surface area (Å²) in [4.78, 5) is 0. The smallest absolute Gasteiger partial charge is 0.386 e. The molecule has 3 nitrogen and oxygen atoms in total. The van der Waals surface area contributed by atoms with Gasteiger partial charge in [-0.1, -0.05) is 6.58 Å². The van der Waals surface area contributed by atoms with E-state index in [-0.39, 0.29) is 6.61 Å². The Morgan fingerprint density at radius 2 is 2.07 bits per heavy atom. The Labute approximate surface area is 85.5 Å². The van der Waals surface area contributed by atoms with Gasteiger partial charge in [0.05, 0.1) is 12.2 Å². The Bertz CT molecular complexity index is 260. The van der Waals surface area contributed by atoms with Crippen LogP contribution >= 0.6 is 0 Å². The second-order valence-electron chi connectivity index (χ2n) is 3.83. The quantitative estimate of drug-likeness (QED) is 0.727. The molecule has 1 aliphatic heterocycles. The molecule has 1 fully saturated rings. The Morgan fingerprint density at radius 3 is 2.40 bits per heavy atom. The fourth-order valence-corrected chi connectivity index (χ4v) is 1.26. The van der Waals surface area contributed by atoms with Crippen molar-refractivity contribution in [3.63, 3.8) is 0 Å². The summed E-state index contributed by atoms with van der Waals surface area (Å²) in [5.74, 6) is -0.961. The van der Waals surface area contributed by atoms with Crippen LogP contribution in [0.4, 0.5) is 13.2 Å². The van der Waals surface area contributed by atoms with Crippen LogP contribution in [0.15, 0.2) is 12.2 Å². The zero-order valence-corrected chi connectivity index (χ0v) is 8.47.